The number of carbonyl (C=O) groups is 3. The molecule has 0 saturated heterocycles. The van der Waals surface area contributed by atoms with E-state index in [4.69, 9.17) is 9.47 Å². The normalized spacial score (nSPS) is 10.6. The fourth-order valence-corrected chi connectivity index (χ4v) is 4.26. The minimum atomic E-state index is -0.203. The lowest BCUT2D eigenvalue weighted by molar-refractivity contribution is 0.102. The van der Waals surface area contributed by atoms with Crippen LogP contribution in [0.5, 0.6) is 17.2 Å². The van der Waals surface area contributed by atoms with Crippen molar-refractivity contribution in [2.75, 3.05) is 7.11 Å². The van der Waals surface area contributed by atoms with Crippen LogP contribution in [-0.4, -0.2) is 24.5 Å². The molecule has 0 amide bonds. The smallest absolute Gasteiger partial charge is 0.193 e. The third-order valence-corrected chi connectivity index (χ3v) is 6.50. The highest BCUT2D eigenvalue weighted by atomic mass is 16.5. The van der Waals surface area contributed by atoms with Gasteiger partial charge in [-0.3, -0.25) is 14.4 Å². The van der Waals surface area contributed by atoms with Crippen LogP contribution in [-0.2, 0) is 0 Å². The molecule has 5 nitrogen and oxygen atoms in total. The van der Waals surface area contributed by atoms with E-state index >= 15 is 0 Å². The Bertz CT molecular complexity index is 1680. The van der Waals surface area contributed by atoms with E-state index in [0.717, 1.165) is 5.56 Å². The quantitative estimate of drug-likeness (QED) is 0.186. The number of methoxy groups -OCH3 is 1. The molecule has 0 N–H and O–H groups in total. The van der Waals surface area contributed by atoms with Gasteiger partial charge in [-0.15, -0.1) is 0 Å². The molecule has 0 atom stereocenters. The Hall–Kier alpha value is -5.29. The Morgan fingerprint density at radius 3 is 1.35 bits per heavy atom. The molecule has 0 heterocycles. The summed E-state index contributed by atoms with van der Waals surface area (Å²) in [7, 11) is 1.55. The maximum atomic E-state index is 13.2. The fraction of sp³-hybridized carbons (Fsp3) is 0.0571. The molecule has 0 aromatic heterocycles. The predicted molar refractivity (Wildman–Crippen MR) is 154 cm³/mol. The van der Waals surface area contributed by atoms with Crippen molar-refractivity contribution < 1.29 is 23.9 Å². The molecule has 40 heavy (non-hydrogen) atoms. The van der Waals surface area contributed by atoms with Gasteiger partial charge in [0.05, 0.1) is 7.11 Å². The summed E-state index contributed by atoms with van der Waals surface area (Å²) in [6, 6.07) is 34.8. The predicted octanol–water partition coefficient (Wildman–Crippen LogP) is 7.49. The first kappa shape index (κ1) is 26.3. The molecule has 5 rings (SSSR count). The van der Waals surface area contributed by atoms with E-state index in [1.165, 1.54) is 0 Å². The number of carbonyl (C=O) groups excluding carboxylic acids is 3. The van der Waals surface area contributed by atoms with Crippen LogP contribution >= 0.6 is 0 Å². The van der Waals surface area contributed by atoms with Gasteiger partial charge in [0.1, 0.15) is 17.2 Å². The summed E-state index contributed by atoms with van der Waals surface area (Å²) in [5, 5.41) is 0. The first-order valence-corrected chi connectivity index (χ1v) is 12.7. The first-order chi connectivity index (χ1) is 19.4. The van der Waals surface area contributed by atoms with Crippen LogP contribution in [0.2, 0.25) is 0 Å². The number of benzene rings is 5. The average molecular weight is 527 g/mol. The maximum absolute atomic E-state index is 13.2. The number of hydrogen-bond acceptors (Lipinski definition) is 5. The number of ether oxygens (including phenoxy) is 2. The minimum Gasteiger partial charge on any atom is -0.497 e. The Morgan fingerprint density at radius 2 is 0.850 bits per heavy atom. The van der Waals surface area contributed by atoms with Crippen molar-refractivity contribution in [2.45, 2.75) is 6.92 Å². The molecule has 0 aliphatic heterocycles. The molecular formula is C35H26O5. The summed E-state index contributed by atoms with van der Waals surface area (Å²) in [5.41, 5.74) is 4.09. The van der Waals surface area contributed by atoms with Crippen LogP contribution < -0.4 is 9.47 Å². The molecule has 0 spiro atoms. The Balaban J connectivity index is 1.26. The van der Waals surface area contributed by atoms with Crippen LogP contribution in [0.15, 0.2) is 121 Å². The monoisotopic (exact) mass is 526 g/mol. The second-order valence-corrected chi connectivity index (χ2v) is 9.32. The zero-order valence-electron chi connectivity index (χ0n) is 22.1. The molecular weight excluding hydrogens is 500 g/mol. The van der Waals surface area contributed by atoms with E-state index in [1.807, 2.05) is 31.2 Å². The van der Waals surface area contributed by atoms with E-state index in [9.17, 15) is 14.4 Å². The van der Waals surface area contributed by atoms with Crippen molar-refractivity contribution in [3.05, 3.63) is 160 Å². The summed E-state index contributed by atoms with van der Waals surface area (Å²) in [6.07, 6.45) is 0. The number of ketones is 3. The highest BCUT2D eigenvalue weighted by molar-refractivity contribution is 6.13. The van der Waals surface area contributed by atoms with Crippen LogP contribution in [0.4, 0.5) is 0 Å². The summed E-state index contributed by atoms with van der Waals surface area (Å²) in [6.45, 7) is 1.98. The lowest BCUT2D eigenvalue weighted by atomic mass is 9.97. The van der Waals surface area contributed by atoms with Gasteiger partial charge in [0.25, 0.3) is 0 Å². The zero-order chi connectivity index (χ0) is 28.1. The summed E-state index contributed by atoms with van der Waals surface area (Å²) in [5.74, 6) is 1.27. The van der Waals surface area contributed by atoms with Crippen molar-refractivity contribution in [3.63, 3.8) is 0 Å². The van der Waals surface area contributed by atoms with Crippen molar-refractivity contribution in [2.24, 2.45) is 0 Å². The van der Waals surface area contributed by atoms with Crippen molar-refractivity contribution in [1.82, 2.24) is 0 Å². The fourth-order valence-electron chi connectivity index (χ4n) is 4.26. The molecule has 0 radical (unpaired) electrons. The van der Waals surface area contributed by atoms with E-state index in [-0.39, 0.29) is 17.3 Å². The lowest BCUT2D eigenvalue weighted by Crippen LogP contribution is -2.06. The molecule has 5 aromatic carbocycles. The molecule has 0 fully saturated rings. The van der Waals surface area contributed by atoms with Gasteiger partial charge in [0.15, 0.2) is 17.3 Å². The summed E-state index contributed by atoms with van der Waals surface area (Å²) < 4.78 is 11.1. The zero-order valence-corrected chi connectivity index (χ0v) is 22.1. The topological polar surface area (TPSA) is 69.7 Å². The molecule has 0 aliphatic rings. The van der Waals surface area contributed by atoms with Crippen LogP contribution in [0.25, 0.3) is 0 Å². The molecule has 0 bridgehead atoms. The maximum Gasteiger partial charge on any atom is 0.193 e. The lowest BCUT2D eigenvalue weighted by Gasteiger charge is -2.09. The van der Waals surface area contributed by atoms with Gasteiger partial charge in [0, 0.05) is 33.4 Å². The highest BCUT2D eigenvalue weighted by Crippen LogP contribution is 2.24. The van der Waals surface area contributed by atoms with Gasteiger partial charge >= 0.3 is 0 Å². The van der Waals surface area contributed by atoms with Crippen LogP contribution in [0, 0.1) is 6.92 Å². The molecule has 5 heteroatoms. The van der Waals surface area contributed by atoms with Gasteiger partial charge in [-0.05, 0) is 73.7 Å². The Kier molecular flexibility index (Phi) is 7.65. The third-order valence-electron chi connectivity index (χ3n) is 6.50. The van der Waals surface area contributed by atoms with Gasteiger partial charge in [-0.2, -0.15) is 0 Å². The number of hydrogen-bond donors (Lipinski definition) is 0. The summed E-state index contributed by atoms with van der Waals surface area (Å²) in [4.78, 5) is 38.9. The van der Waals surface area contributed by atoms with Gasteiger partial charge < -0.3 is 9.47 Å². The second-order valence-electron chi connectivity index (χ2n) is 9.32. The Labute approximate surface area is 232 Å². The molecule has 0 saturated carbocycles. The van der Waals surface area contributed by atoms with Gasteiger partial charge in [-0.25, -0.2) is 0 Å². The van der Waals surface area contributed by atoms with Crippen LogP contribution in [0.1, 0.15) is 53.3 Å². The van der Waals surface area contributed by atoms with E-state index in [0.29, 0.717) is 50.6 Å². The van der Waals surface area contributed by atoms with Crippen LogP contribution in [0.3, 0.4) is 0 Å². The van der Waals surface area contributed by atoms with Gasteiger partial charge in [-0.1, -0.05) is 60.2 Å². The van der Waals surface area contributed by atoms with E-state index in [2.05, 4.69) is 0 Å². The standard InChI is InChI=1S/C35H26O5/c1-23-9-11-24(12-10-23)33(36)25-13-17-30(18-14-25)40-31-19-15-26(16-20-31)34(37)27-5-3-6-28(21-27)35(38)29-7-4-8-32(22-29)39-2/h3-22H,1-2H3. The highest BCUT2D eigenvalue weighted by Gasteiger charge is 2.15. The largest absolute Gasteiger partial charge is 0.497 e. The van der Waals surface area contributed by atoms with E-state index in [1.54, 1.807) is 104 Å². The average Bonchev–Trinajstić information content (AvgIpc) is 3.01. The third kappa shape index (κ3) is 5.89. The molecule has 0 unspecified atom stereocenters. The van der Waals surface area contributed by atoms with Crippen molar-refractivity contribution >= 4 is 17.3 Å². The van der Waals surface area contributed by atoms with Crippen molar-refractivity contribution in [3.8, 4) is 17.2 Å². The van der Waals surface area contributed by atoms with Gasteiger partial charge in [0.2, 0.25) is 0 Å². The molecule has 5 aromatic rings. The van der Waals surface area contributed by atoms with Crippen molar-refractivity contribution in [1.29, 1.82) is 0 Å². The Morgan fingerprint density at radius 1 is 0.450 bits per heavy atom. The second kappa shape index (κ2) is 11.6. The number of rotatable bonds is 9. The minimum absolute atomic E-state index is 0.0521. The molecule has 0 aliphatic carbocycles. The SMILES string of the molecule is COc1cccc(C(=O)c2cccc(C(=O)c3ccc(Oc4ccc(C(=O)c5ccc(C)cc5)cc4)cc3)c2)c1. The number of aryl methyl sites for hydroxylation is 1. The molecule has 196 valence electrons. The van der Waals surface area contributed by atoms with E-state index < -0.39 is 0 Å². The summed E-state index contributed by atoms with van der Waals surface area (Å²) >= 11 is 0. The first-order valence-electron chi connectivity index (χ1n) is 12.7.